The average molecular weight is 415 g/mol. The van der Waals surface area contributed by atoms with Gasteiger partial charge in [0.15, 0.2) is 5.65 Å². The molecule has 8 nitrogen and oxygen atoms in total. The van der Waals surface area contributed by atoms with Crippen molar-refractivity contribution in [3.63, 3.8) is 0 Å². The molecule has 0 fully saturated rings. The number of thiophene rings is 1. The van der Waals surface area contributed by atoms with E-state index in [0.717, 1.165) is 17.0 Å². The molecule has 0 aromatic carbocycles. The van der Waals surface area contributed by atoms with E-state index in [1.54, 1.807) is 15.9 Å². The van der Waals surface area contributed by atoms with E-state index in [0.29, 0.717) is 30.6 Å². The molecule has 3 rings (SSSR count). The highest BCUT2D eigenvalue weighted by atomic mass is 32.1. The summed E-state index contributed by atoms with van der Waals surface area (Å²) in [5.74, 6) is -0.566. The van der Waals surface area contributed by atoms with Gasteiger partial charge in [0, 0.05) is 24.4 Å². The van der Waals surface area contributed by atoms with E-state index in [1.807, 2.05) is 33.3 Å². The molecule has 3 aromatic heterocycles. The zero-order chi connectivity index (χ0) is 21.1. The molecule has 0 saturated heterocycles. The van der Waals surface area contributed by atoms with Crippen molar-refractivity contribution in [2.24, 2.45) is 5.73 Å². The van der Waals surface area contributed by atoms with Gasteiger partial charge in [0.25, 0.3) is 5.91 Å². The van der Waals surface area contributed by atoms with Gasteiger partial charge in [-0.3, -0.25) is 9.59 Å². The lowest BCUT2D eigenvalue weighted by Gasteiger charge is -2.24. The molecule has 0 aliphatic rings. The first kappa shape index (κ1) is 20.9. The number of amides is 2. The molecule has 0 aliphatic heterocycles. The molecule has 1 unspecified atom stereocenters. The van der Waals surface area contributed by atoms with Crippen LogP contribution in [-0.2, 0) is 11.2 Å². The van der Waals surface area contributed by atoms with E-state index in [1.165, 1.54) is 11.8 Å². The van der Waals surface area contributed by atoms with E-state index in [-0.39, 0.29) is 11.9 Å². The Morgan fingerprint density at radius 1 is 1.34 bits per heavy atom. The van der Waals surface area contributed by atoms with Gasteiger partial charge in [0.1, 0.15) is 5.56 Å². The third-order valence-electron chi connectivity index (χ3n) is 5.12. The maximum absolute atomic E-state index is 12.5. The summed E-state index contributed by atoms with van der Waals surface area (Å²) < 4.78 is 1.61. The summed E-state index contributed by atoms with van der Waals surface area (Å²) in [6.07, 6.45) is 2.32. The average Bonchev–Trinajstić information content (AvgIpc) is 3.31. The summed E-state index contributed by atoms with van der Waals surface area (Å²) in [6.45, 7) is 4.33. The van der Waals surface area contributed by atoms with E-state index in [9.17, 15) is 9.59 Å². The van der Waals surface area contributed by atoms with Crippen LogP contribution in [0, 0.1) is 13.8 Å². The predicted octanol–water partition coefficient (Wildman–Crippen LogP) is 1.86. The number of hydrogen-bond donors (Lipinski definition) is 2. The monoisotopic (exact) mass is 414 g/mol. The minimum absolute atomic E-state index is 0.00994. The number of nitrogens with one attached hydrogen (secondary N) is 1. The maximum Gasteiger partial charge on any atom is 0.254 e. The van der Waals surface area contributed by atoms with Gasteiger partial charge in [-0.1, -0.05) is 0 Å². The van der Waals surface area contributed by atoms with Gasteiger partial charge >= 0.3 is 0 Å². The second kappa shape index (κ2) is 8.71. The van der Waals surface area contributed by atoms with Gasteiger partial charge in [-0.25, -0.2) is 9.50 Å². The zero-order valence-electron chi connectivity index (χ0n) is 17.1. The van der Waals surface area contributed by atoms with Gasteiger partial charge in [-0.2, -0.15) is 16.4 Å². The second-order valence-corrected chi connectivity index (χ2v) is 8.04. The first-order valence-electron chi connectivity index (χ1n) is 9.38. The Hall–Kier alpha value is -2.78. The van der Waals surface area contributed by atoms with Crippen molar-refractivity contribution < 1.29 is 9.59 Å². The summed E-state index contributed by atoms with van der Waals surface area (Å²) in [7, 11) is 4.01. The van der Waals surface area contributed by atoms with Gasteiger partial charge in [-0.15, -0.1) is 0 Å². The number of carbonyl (C=O) groups is 2. The van der Waals surface area contributed by atoms with Crippen molar-refractivity contribution in [2.45, 2.75) is 32.7 Å². The van der Waals surface area contributed by atoms with E-state index in [4.69, 9.17) is 5.73 Å². The molecule has 0 spiro atoms. The smallest absolute Gasteiger partial charge is 0.254 e. The molecule has 2 amide bonds. The van der Waals surface area contributed by atoms with E-state index >= 15 is 0 Å². The van der Waals surface area contributed by atoms with Crippen LogP contribution in [0.3, 0.4) is 0 Å². The lowest BCUT2D eigenvalue weighted by atomic mass is 10.1. The molecule has 9 heteroatoms. The third kappa shape index (κ3) is 4.46. The standard InChI is InChI=1S/C20H26N6O2S/c1-12-15(13(2)26-20(24-12)16(9-23-26)19(21)28)5-6-18(27)22-10-17(25(3)4)14-7-8-29-11-14/h7-9,11,17H,5-6,10H2,1-4H3,(H2,21,28)(H,22,27). The quantitative estimate of drug-likeness (QED) is 0.585. The molecule has 0 aliphatic carbocycles. The molecule has 3 N–H and O–H groups in total. The highest BCUT2D eigenvalue weighted by Gasteiger charge is 2.18. The van der Waals surface area contributed by atoms with Crippen LogP contribution in [0.4, 0.5) is 0 Å². The number of carbonyl (C=O) groups excluding carboxylic acids is 2. The molecule has 29 heavy (non-hydrogen) atoms. The molecule has 0 saturated carbocycles. The molecular formula is C20H26N6O2S. The minimum atomic E-state index is -0.556. The van der Waals surface area contributed by atoms with Crippen LogP contribution in [-0.4, -0.2) is 52.0 Å². The minimum Gasteiger partial charge on any atom is -0.365 e. The Bertz CT molecular complexity index is 1030. The second-order valence-electron chi connectivity index (χ2n) is 7.26. The molecule has 154 valence electrons. The fraction of sp³-hybridized carbons (Fsp3) is 0.400. The number of nitrogens with two attached hydrogens (primary N) is 1. The van der Waals surface area contributed by atoms with Crippen LogP contribution in [0.2, 0.25) is 0 Å². The number of fused-ring (bicyclic) bond motifs is 1. The Morgan fingerprint density at radius 3 is 2.72 bits per heavy atom. The molecule has 3 heterocycles. The Kier molecular flexibility index (Phi) is 6.29. The van der Waals surface area contributed by atoms with Crippen molar-refractivity contribution in [3.8, 4) is 0 Å². The van der Waals surface area contributed by atoms with Gasteiger partial charge in [0.05, 0.1) is 12.2 Å². The Morgan fingerprint density at radius 2 is 2.10 bits per heavy atom. The topological polar surface area (TPSA) is 106 Å². The van der Waals surface area contributed by atoms with Crippen molar-refractivity contribution >= 4 is 28.8 Å². The van der Waals surface area contributed by atoms with Crippen LogP contribution in [0.1, 0.15) is 45.3 Å². The third-order valence-corrected chi connectivity index (χ3v) is 5.82. The number of aryl methyl sites for hydroxylation is 2. The summed E-state index contributed by atoms with van der Waals surface area (Å²) in [5, 5.41) is 11.4. The lowest BCUT2D eigenvalue weighted by Crippen LogP contribution is -2.34. The number of primary amides is 1. The largest absolute Gasteiger partial charge is 0.365 e. The number of nitrogens with zero attached hydrogens (tertiary/aromatic N) is 4. The summed E-state index contributed by atoms with van der Waals surface area (Å²) >= 11 is 1.65. The summed E-state index contributed by atoms with van der Waals surface area (Å²) in [4.78, 5) is 30.6. The van der Waals surface area contributed by atoms with Crippen LogP contribution in [0.25, 0.3) is 5.65 Å². The Labute approximate surface area is 173 Å². The van der Waals surface area contributed by atoms with Crippen molar-refractivity contribution in [2.75, 3.05) is 20.6 Å². The first-order chi connectivity index (χ1) is 13.8. The van der Waals surface area contributed by atoms with Crippen molar-refractivity contribution in [3.05, 3.63) is 51.1 Å². The van der Waals surface area contributed by atoms with Gasteiger partial charge < -0.3 is 16.0 Å². The van der Waals surface area contributed by atoms with Crippen LogP contribution >= 0.6 is 11.3 Å². The van der Waals surface area contributed by atoms with Crippen LogP contribution in [0.15, 0.2) is 23.0 Å². The highest BCUT2D eigenvalue weighted by molar-refractivity contribution is 7.07. The van der Waals surface area contributed by atoms with Crippen LogP contribution in [0.5, 0.6) is 0 Å². The maximum atomic E-state index is 12.5. The van der Waals surface area contributed by atoms with Crippen molar-refractivity contribution in [1.29, 1.82) is 0 Å². The van der Waals surface area contributed by atoms with Gasteiger partial charge in [-0.05, 0) is 62.3 Å². The molecule has 0 radical (unpaired) electrons. The predicted molar refractivity (Wildman–Crippen MR) is 113 cm³/mol. The van der Waals surface area contributed by atoms with E-state index in [2.05, 4.69) is 31.7 Å². The first-order valence-corrected chi connectivity index (χ1v) is 10.3. The molecule has 1 atom stereocenters. The molecule has 3 aromatic rings. The normalized spacial score (nSPS) is 12.4. The summed E-state index contributed by atoms with van der Waals surface area (Å²) in [6, 6.07) is 2.22. The molecule has 0 bridgehead atoms. The number of likely N-dealkylation sites (N-methyl/N-ethyl adjacent to an activating group) is 1. The molecular weight excluding hydrogens is 388 g/mol. The van der Waals surface area contributed by atoms with E-state index < -0.39 is 5.91 Å². The van der Waals surface area contributed by atoms with Gasteiger partial charge in [0.2, 0.25) is 5.91 Å². The lowest BCUT2D eigenvalue weighted by molar-refractivity contribution is -0.121. The number of aromatic nitrogens is 3. The SMILES string of the molecule is Cc1nc2c(C(N)=O)cnn2c(C)c1CCC(=O)NCC(c1ccsc1)N(C)C. The zero-order valence-corrected chi connectivity index (χ0v) is 17.9. The van der Waals surface area contributed by atoms with Crippen molar-refractivity contribution in [1.82, 2.24) is 24.8 Å². The van der Waals surface area contributed by atoms with Crippen LogP contribution < -0.4 is 11.1 Å². The fourth-order valence-corrected chi connectivity index (χ4v) is 4.15. The number of hydrogen-bond acceptors (Lipinski definition) is 6. The number of rotatable bonds is 8. The summed E-state index contributed by atoms with van der Waals surface area (Å²) in [5.41, 5.74) is 9.92. The fourth-order valence-electron chi connectivity index (χ4n) is 3.45. The highest BCUT2D eigenvalue weighted by Crippen LogP contribution is 2.21. The Balaban J connectivity index is 1.67.